The smallest absolute Gasteiger partial charge is 0.360 e. The highest BCUT2D eigenvalue weighted by Crippen LogP contribution is 2.17. The number of nitrogens with zero attached hydrogens (tertiary/aromatic N) is 3. The molecule has 1 aromatic rings. The summed E-state index contributed by atoms with van der Waals surface area (Å²) in [6.45, 7) is 4.62. The first-order chi connectivity index (χ1) is 8.65. The number of carbonyl (C=O) groups is 1. The van der Waals surface area contributed by atoms with Gasteiger partial charge < -0.3 is 9.47 Å². The van der Waals surface area contributed by atoms with Crippen LogP contribution < -0.4 is 0 Å². The van der Waals surface area contributed by atoms with Crippen molar-refractivity contribution in [2.75, 3.05) is 20.3 Å². The van der Waals surface area contributed by atoms with E-state index in [0.717, 1.165) is 6.42 Å². The van der Waals surface area contributed by atoms with E-state index in [1.54, 1.807) is 18.7 Å². The molecule has 1 unspecified atom stereocenters. The number of halogens is 1. The van der Waals surface area contributed by atoms with Crippen molar-refractivity contribution in [2.24, 2.45) is 0 Å². The van der Waals surface area contributed by atoms with Crippen molar-refractivity contribution in [3.05, 3.63) is 11.4 Å². The lowest BCUT2D eigenvalue weighted by Gasteiger charge is -2.13. The van der Waals surface area contributed by atoms with E-state index < -0.39 is 5.97 Å². The minimum absolute atomic E-state index is 0.0642. The summed E-state index contributed by atoms with van der Waals surface area (Å²) < 4.78 is 11.6. The zero-order valence-corrected chi connectivity index (χ0v) is 11.6. The van der Waals surface area contributed by atoms with E-state index in [1.165, 1.54) is 0 Å². The molecule has 0 N–H and O–H groups in total. The lowest BCUT2D eigenvalue weighted by atomic mass is 10.2. The van der Waals surface area contributed by atoms with Gasteiger partial charge in [-0.05, 0) is 20.3 Å². The Balaban J connectivity index is 2.90. The fourth-order valence-electron chi connectivity index (χ4n) is 1.56. The molecule has 0 spiro atoms. The summed E-state index contributed by atoms with van der Waals surface area (Å²) in [6.07, 6.45) is 0.770. The third-order valence-corrected chi connectivity index (χ3v) is 2.80. The molecule has 6 nitrogen and oxygen atoms in total. The Hall–Kier alpha value is -1.14. The summed E-state index contributed by atoms with van der Waals surface area (Å²) in [5, 5.41) is 7.82. The maximum absolute atomic E-state index is 11.7. The lowest BCUT2D eigenvalue weighted by molar-refractivity contribution is 0.0518. The summed E-state index contributed by atoms with van der Waals surface area (Å²) >= 11 is 5.86. The Morgan fingerprint density at radius 2 is 2.28 bits per heavy atom. The van der Waals surface area contributed by atoms with Crippen LogP contribution in [0.1, 0.15) is 42.5 Å². The zero-order chi connectivity index (χ0) is 13.5. The van der Waals surface area contributed by atoms with E-state index in [9.17, 15) is 4.79 Å². The van der Waals surface area contributed by atoms with Gasteiger partial charge in [0.2, 0.25) is 0 Å². The number of ether oxygens (including phenoxy) is 2. The van der Waals surface area contributed by atoms with Crippen molar-refractivity contribution in [1.82, 2.24) is 15.0 Å². The molecule has 0 radical (unpaired) electrons. The predicted molar refractivity (Wildman–Crippen MR) is 66.7 cm³/mol. The van der Waals surface area contributed by atoms with Gasteiger partial charge in [0.05, 0.1) is 24.2 Å². The molecule has 7 heteroatoms. The molecular weight excluding hydrogens is 258 g/mol. The Morgan fingerprint density at radius 3 is 2.83 bits per heavy atom. The number of esters is 1. The third-order valence-electron chi connectivity index (χ3n) is 2.54. The fourth-order valence-corrected chi connectivity index (χ4v) is 1.81. The molecule has 0 amide bonds. The van der Waals surface area contributed by atoms with Crippen molar-refractivity contribution in [1.29, 1.82) is 0 Å². The predicted octanol–water partition coefficient (Wildman–Crippen LogP) is 1.79. The van der Waals surface area contributed by atoms with Crippen molar-refractivity contribution in [3.63, 3.8) is 0 Å². The van der Waals surface area contributed by atoms with Crippen LogP contribution in [-0.4, -0.2) is 41.3 Å². The topological polar surface area (TPSA) is 66.2 Å². The second-order valence-corrected chi connectivity index (χ2v) is 4.08. The average molecular weight is 276 g/mol. The molecule has 1 heterocycles. The van der Waals surface area contributed by atoms with Gasteiger partial charge >= 0.3 is 5.97 Å². The molecule has 1 aromatic heterocycles. The van der Waals surface area contributed by atoms with Crippen molar-refractivity contribution in [3.8, 4) is 0 Å². The molecule has 0 aliphatic carbocycles. The standard InChI is InChI=1S/C11H18ClN3O3/c1-4-18-11(16)10-9(7-12)15(14-13-10)8(2)5-6-17-3/h8H,4-7H2,1-3H3. The highest BCUT2D eigenvalue weighted by atomic mass is 35.5. The van der Waals surface area contributed by atoms with Crippen LogP contribution in [0.15, 0.2) is 0 Å². The monoisotopic (exact) mass is 275 g/mol. The molecule has 1 atom stereocenters. The van der Waals surface area contributed by atoms with E-state index in [1.807, 2.05) is 6.92 Å². The molecule has 102 valence electrons. The Bertz CT molecular complexity index is 395. The van der Waals surface area contributed by atoms with Gasteiger partial charge in [-0.2, -0.15) is 0 Å². The first-order valence-corrected chi connectivity index (χ1v) is 6.35. The minimum Gasteiger partial charge on any atom is -0.461 e. The molecular formula is C11H18ClN3O3. The van der Waals surface area contributed by atoms with Crippen LogP contribution in [0.3, 0.4) is 0 Å². The molecule has 0 bridgehead atoms. The number of hydrogen-bond acceptors (Lipinski definition) is 5. The summed E-state index contributed by atoms with van der Waals surface area (Å²) in [7, 11) is 1.64. The number of hydrogen-bond donors (Lipinski definition) is 0. The molecule has 0 saturated heterocycles. The van der Waals surface area contributed by atoms with Crippen molar-refractivity contribution < 1.29 is 14.3 Å². The first-order valence-electron chi connectivity index (χ1n) is 5.81. The van der Waals surface area contributed by atoms with E-state index in [0.29, 0.717) is 18.9 Å². The quantitative estimate of drug-likeness (QED) is 0.561. The second kappa shape index (κ2) is 7.33. The normalized spacial score (nSPS) is 12.4. The van der Waals surface area contributed by atoms with Gasteiger partial charge in [-0.3, -0.25) is 0 Å². The highest BCUT2D eigenvalue weighted by Gasteiger charge is 2.22. The molecule has 0 aromatic carbocycles. The Morgan fingerprint density at radius 1 is 1.56 bits per heavy atom. The zero-order valence-electron chi connectivity index (χ0n) is 10.9. The van der Waals surface area contributed by atoms with Crippen LogP contribution in [0.2, 0.25) is 0 Å². The van der Waals surface area contributed by atoms with Crippen LogP contribution in [0.5, 0.6) is 0 Å². The third kappa shape index (κ3) is 3.43. The highest BCUT2D eigenvalue weighted by molar-refractivity contribution is 6.17. The molecule has 0 aliphatic rings. The van der Waals surface area contributed by atoms with Crippen molar-refractivity contribution >= 4 is 17.6 Å². The van der Waals surface area contributed by atoms with Gasteiger partial charge in [0.25, 0.3) is 0 Å². The molecule has 0 saturated carbocycles. The summed E-state index contributed by atoms with van der Waals surface area (Å²) in [5.41, 5.74) is 0.773. The molecule has 18 heavy (non-hydrogen) atoms. The summed E-state index contributed by atoms with van der Waals surface area (Å²) in [6, 6.07) is 0.0642. The van der Waals surface area contributed by atoms with Gasteiger partial charge in [-0.15, -0.1) is 16.7 Å². The molecule has 1 rings (SSSR count). The largest absolute Gasteiger partial charge is 0.461 e. The van der Waals surface area contributed by atoms with E-state index in [-0.39, 0.29) is 17.6 Å². The van der Waals surface area contributed by atoms with E-state index in [4.69, 9.17) is 21.1 Å². The fraction of sp³-hybridized carbons (Fsp3) is 0.727. The average Bonchev–Trinajstić information content (AvgIpc) is 2.79. The number of carbonyl (C=O) groups excluding carboxylic acids is 1. The van der Waals surface area contributed by atoms with Gasteiger partial charge in [0, 0.05) is 13.7 Å². The molecule has 0 aliphatic heterocycles. The number of alkyl halides is 1. The van der Waals surface area contributed by atoms with Crippen LogP contribution in [0, 0.1) is 0 Å². The Kier molecular flexibility index (Phi) is 6.07. The van der Waals surface area contributed by atoms with Crippen molar-refractivity contribution in [2.45, 2.75) is 32.2 Å². The van der Waals surface area contributed by atoms with Gasteiger partial charge in [-0.1, -0.05) is 5.21 Å². The first kappa shape index (κ1) is 14.9. The summed E-state index contributed by atoms with van der Waals surface area (Å²) in [5.74, 6) is -0.322. The summed E-state index contributed by atoms with van der Waals surface area (Å²) in [4.78, 5) is 11.7. The second-order valence-electron chi connectivity index (χ2n) is 3.81. The van der Waals surface area contributed by atoms with Gasteiger partial charge in [0.1, 0.15) is 0 Å². The Labute approximate surface area is 111 Å². The number of aromatic nitrogens is 3. The van der Waals surface area contributed by atoms with Gasteiger partial charge in [-0.25, -0.2) is 9.48 Å². The maximum atomic E-state index is 11.7. The maximum Gasteiger partial charge on any atom is 0.360 e. The molecule has 0 fully saturated rings. The van der Waals surface area contributed by atoms with Gasteiger partial charge in [0.15, 0.2) is 5.69 Å². The minimum atomic E-state index is -0.488. The number of methoxy groups -OCH3 is 1. The van der Waals surface area contributed by atoms with Crippen LogP contribution >= 0.6 is 11.6 Å². The number of rotatable bonds is 7. The lowest BCUT2D eigenvalue weighted by Crippen LogP contribution is -2.14. The van der Waals surface area contributed by atoms with Crippen LogP contribution in [0.4, 0.5) is 0 Å². The van der Waals surface area contributed by atoms with Crippen LogP contribution in [-0.2, 0) is 15.4 Å². The van der Waals surface area contributed by atoms with E-state index in [2.05, 4.69) is 10.3 Å². The van der Waals surface area contributed by atoms with E-state index >= 15 is 0 Å². The SMILES string of the molecule is CCOC(=O)c1nnn(C(C)CCOC)c1CCl. The van der Waals surface area contributed by atoms with Crippen LogP contribution in [0.25, 0.3) is 0 Å².